The average molecular weight is 233 g/mol. The van der Waals surface area contributed by atoms with Crippen LogP contribution in [0.15, 0.2) is 46.0 Å². The zero-order valence-corrected chi connectivity index (χ0v) is 10.1. The Labute approximate surface area is 99.9 Å². The maximum absolute atomic E-state index is 11.3. The number of azo groups is 1. The van der Waals surface area contributed by atoms with Crippen LogP contribution in [0.25, 0.3) is 0 Å². The highest BCUT2D eigenvalue weighted by atomic mass is 16.3. The summed E-state index contributed by atoms with van der Waals surface area (Å²) in [5.41, 5.74) is 1.65. The van der Waals surface area contributed by atoms with E-state index in [1.807, 2.05) is 19.1 Å². The van der Waals surface area contributed by atoms with E-state index in [0.717, 1.165) is 5.56 Å². The zero-order chi connectivity index (χ0) is 12.8. The third-order valence-corrected chi connectivity index (χ3v) is 2.08. The van der Waals surface area contributed by atoms with Gasteiger partial charge in [0.1, 0.15) is 5.76 Å². The zero-order valence-electron chi connectivity index (χ0n) is 10.1. The molecule has 5 heteroatoms. The quantitative estimate of drug-likeness (QED) is 0.478. The first-order chi connectivity index (χ1) is 8.04. The molecule has 17 heavy (non-hydrogen) atoms. The number of aryl methyl sites for hydroxylation is 1. The molecule has 0 aliphatic heterocycles. The molecule has 5 nitrogen and oxygen atoms in total. The topological polar surface area (TPSA) is 74.0 Å². The molecule has 0 aliphatic carbocycles. The number of allylic oxidation sites excluding steroid dienone is 1. The number of aliphatic hydroxyl groups is 1. The monoisotopic (exact) mass is 233 g/mol. The van der Waals surface area contributed by atoms with Crippen LogP contribution < -0.4 is 5.32 Å². The van der Waals surface area contributed by atoms with Gasteiger partial charge in [-0.05, 0) is 26.0 Å². The van der Waals surface area contributed by atoms with Crippen molar-refractivity contribution in [2.45, 2.75) is 13.8 Å². The van der Waals surface area contributed by atoms with Crippen molar-refractivity contribution in [3.8, 4) is 0 Å². The Morgan fingerprint density at radius 3 is 2.35 bits per heavy atom. The SMILES string of the molecule is CNC(=O)/C(N=Nc1ccc(C)cc1)=C(/C)O. The van der Waals surface area contributed by atoms with Crippen molar-refractivity contribution in [2.24, 2.45) is 10.2 Å². The number of amides is 1. The van der Waals surface area contributed by atoms with Crippen molar-refractivity contribution >= 4 is 11.6 Å². The summed E-state index contributed by atoms with van der Waals surface area (Å²) in [7, 11) is 1.46. The maximum Gasteiger partial charge on any atom is 0.275 e. The summed E-state index contributed by atoms with van der Waals surface area (Å²) in [5, 5.41) is 19.3. The lowest BCUT2D eigenvalue weighted by molar-refractivity contribution is -0.117. The van der Waals surface area contributed by atoms with Gasteiger partial charge in [0.25, 0.3) is 5.91 Å². The molecule has 0 aromatic heterocycles. The second-order valence-electron chi connectivity index (χ2n) is 3.55. The van der Waals surface area contributed by atoms with E-state index in [1.165, 1.54) is 14.0 Å². The number of hydrogen-bond acceptors (Lipinski definition) is 4. The lowest BCUT2D eigenvalue weighted by Gasteiger charge is -2.00. The van der Waals surface area contributed by atoms with Crippen LogP contribution in [0.5, 0.6) is 0 Å². The molecule has 0 saturated carbocycles. The molecule has 1 amide bonds. The Morgan fingerprint density at radius 1 is 1.29 bits per heavy atom. The maximum atomic E-state index is 11.3. The number of rotatable bonds is 3. The molecule has 1 aromatic carbocycles. The number of hydrogen-bond donors (Lipinski definition) is 2. The van der Waals surface area contributed by atoms with Crippen LogP contribution in [0.1, 0.15) is 12.5 Å². The van der Waals surface area contributed by atoms with Gasteiger partial charge in [0.05, 0.1) is 5.69 Å². The number of carbonyl (C=O) groups is 1. The molecule has 0 atom stereocenters. The van der Waals surface area contributed by atoms with Gasteiger partial charge in [0, 0.05) is 7.05 Å². The highest BCUT2D eigenvalue weighted by molar-refractivity contribution is 5.93. The number of nitrogens with one attached hydrogen (secondary N) is 1. The molecule has 0 radical (unpaired) electrons. The largest absolute Gasteiger partial charge is 0.510 e. The van der Waals surface area contributed by atoms with E-state index in [2.05, 4.69) is 15.5 Å². The van der Waals surface area contributed by atoms with Crippen LogP contribution >= 0.6 is 0 Å². The molecule has 0 fully saturated rings. The summed E-state index contributed by atoms with van der Waals surface area (Å²) >= 11 is 0. The van der Waals surface area contributed by atoms with Gasteiger partial charge in [-0.3, -0.25) is 4.79 Å². The number of benzene rings is 1. The minimum atomic E-state index is -0.471. The van der Waals surface area contributed by atoms with E-state index in [4.69, 9.17) is 0 Å². The lowest BCUT2D eigenvalue weighted by atomic mass is 10.2. The van der Waals surface area contributed by atoms with Gasteiger partial charge < -0.3 is 10.4 Å². The van der Waals surface area contributed by atoms with Crippen LogP contribution in [0.4, 0.5) is 5.69 Å². The number of carbonyl (C=O) groups excluding carboxylic acids is 1. The molecular weight excluding hydrogens is 218 g/mol. The molecular formula is C12H15N3O2. The first kappa shape index (κ1) is 12.9. The molecule has 0 aliphatic rings. The Balaban J connectivity index is 2.92. The van der Waals surface area contributed by atoms with Crippen molar-refractivity contribution in [2.75, 3.05) is 7.05 Å². The van der Waals surface area contributed by atoms with Crippen LogP contribution in [0.3, 0.4) is 0 Å². The second-order valence-corrected chi connectivity index (χ2v) is 3.55. The van der Waals surface area contributed by atoms with E-state index in [0.29, 0.717) is 5.69 Å². The minimum absolute atomic E-state index is 0.0897. The van der Waals surface area contributed by atoms with Crippen molar-refractivity contribution in [1.82, 2.24) is 5.32 Å². The van der Waals surface area contributed by atoms with Gasteiger partial charge in [-0.1, -0.05) is 17.7 Å². The molecule has 1 rings (SSSR count). The molecule has 2 N–H and O–H groups in total. The van der Waals surface area contributed by atoms with Crippen molar-refractivity contribution < 1.29 is 9.90 Å². The number of likely N-dealkylation sites (N-methyl/N-ethyl adjacent to an activating group) is 1. The van der Waals surface area contributed by atoms with Gasteiger partial charge in [-0.25, -0.2) is 0 Å². The molecule has 90 valence electrons. The smallest absolute Gasteiger partial charge is 0.275 e. The Kier molecular flexibility index (Phi) is 4.39. The van der Waals surface area contributed by atoms with Crippen LogP contribution in [-0.2, 0) is 4.79 Å². The molecule has 0 unspecified atom stereocenters. The molecule has 0 saturated heterocycles. The highest BCUT2D eigenvalue weighted by Crippen LogP contribution is 2.15. The highest BCUT2D eigenvalue weighted by Gasteiger charge is 2.10. The van der Waals surface area contributed by atoms with E-state index in [1.54, 1.807) is 12.1 Å². The van der Waals surface area contributed by atoms with Crippen molar-refractivity contribution in [3.05, 3.63) is 41.3 Å². The third-order valence-electron chi connectivity index (χ3n) is 2.08. The van der Waals surface area contributed by atoms with Gasteiger partial charge in [0.2, 0.25) is 0 Å². The van der Waals surface area contributed by atoms with Crippen LogP contribution in [-0.4, -0.2) is 18.1 Å². The standard InChI is InChI=1S/C12H15N3O2/c1-8-4-6-10(7-5-8)14-15-11(9(2)16)12(17)13-3/h4-7,16H,1-3H3,(H,13,17)/b11-9+,15-14?. The Bertz CT molecular complexity index is 457. The summed E-state index contributed by atoms with van der Waals surface area (Å²) in [6.45, 7) is 3.35. The number of nitrogens with zero attached hydrogens (tertiary/aromatic N) is 2. The van der Waals surface area contributed by atoms with Crippen LogP contribution in [0, 0.1) is 6.92 Å². The van der Waals surface area contributed by atoms with Gasteiger partial charge in [0.15, 0.2) is 5.70 Å². The third kappa shape index (κ3) is 3.71. The predicted molar refractivity (Wildman–Crippen MR) is 65.1 cm³/mol. The van der Waals surface area contributed by atoms with E-state index in [-0.39, 0.29) is 11.5 Å². The molecule has 0 bridgehead atoms. The number of aliphatic hydroxyl groups excluding tert-OH is 1. The first-order valence-corrected chi connectivity index (χ1v) is 5.15. The fraction of sp³-hybridized carbons (Fsp3) is 0.250. The molecule has 0 spiro atoms. The van der Waals surface area contributed by atoms with E-state index < -0.39 is 5.91 Å². The average Bonchev–Trinajstić information content (AvgIpc) is 2.31. The van der Waals surface area contributed by atoms with Crippen LogP contribution in [0.2, 0.25) is 0 Å². The fourth-order valence-electron chi connectivity index (χ4n) is 1.12. The summed E-state index contributed by atoms with van der Waals surface area (Å²) in [4.78, 5) is 11.3. The lowest BCUT2D eigenvalue weighted by Crippen LogP contribution is -2.20. The fourth-order valence-corrected chi connectivity index (χ4v) is 1.12. The molecule has 0 heterocycles. The minimum Gasteiger partial charge on any atom is -0.510 e. The van der Waals surface area contributed by atoms with E-state index >= 15 is 0 Å². The summed E-state index contributed by atoms with van der Waals surface area (Å²) in [6, 6.07) is 7.35. The van der Waals surface area contributed by atoms with Crippen molar-refractivity contribution in [1.29, 1.82) is 0 Å². The van der Waals surface area contributed by atoms with Crippen molar-refractivity contribution in [3.63, 3.8) is 0 Å². The van der Waals surface area contributed by atoms with Gasteiger partial charge in [-0.15, -0.1) is 5.11 Å². The normalized spacial score (nSPS) is 12.4. The van der Waals surface area contributed by atoms with E-state index in [9.17, 15) is 9.90 Å². The summed E-state index contributed by atoms with van der Waals surface area (Å²) in [6.07, 6.45) is 0. The van der Waals surface area contributed by atoms with Gasteiger partial charge in [-0.2, -0.15) is 5.11 Å². The van der Waals surface area contributed by atoms with Gasteiger partial charge >= 0.3 is 0 Å². The predicted octanol–water partition coefficient (Wildman–Crippen LogP) is 2.61. The Morgan fingerprint density at radius 2 is 1.88 bits per heavy atom. The Hall–Kier alpha value is -2.17. The molecule has 1 aromatic rings. The first-order valence-electron chi connectivity index (χ1n) is 5.15. The summed E-state index contributed by atoms with van der Waals surface area (Å²) in [5.74, 6) is -0.638. The second kappa shape index (κ2) is 5.79. The summed E-state index contributed by atoms with van der Waals surface area (Å²) < 4.78 is 0.